The number of rotatable bonds is 2. The van der Waals surface area contributed by atoms with Crippen molar-refractivity contribution in [1.82, 2.24) is 0 Å². The standard InChI is InChI=1S/C11H14O4/c1-5(8(4)12)10-6(2)9(13)7(3)11(14)15-10/h5,13H,1-4H3/t5-/m0/s1. The number of Topliss-reactive ketones (excluding diaryl/α,β-unsaturated/α-hetero) is 1. The van der Waals surface area contributed by atoms with Crippen molar-refractivity contribution in [3.63, 3.8) is 0 Å². The average Bonchev–Trinajstić information content (AvgIpc) is 2.19. The van der Waals surface area contributed by atoms with E-state index in [1.165, 1.54) is 13.8 Å². The Hall–Kier alpha value is -1.58. The van der Waals surface area contributed by atoms with Gasteiger partial charge in [0.15, 0.2) is 0 Å². The molecule has 4 nitrogen and oxygen atoms in total. The molecule has 0 radical (unpaired) electrons. The van der Waals surface area contributed by atoms with Gasteiger partial charge in [-0.3, -0.25) is 4.79 Å². The van der Waals surface area contributed by atoms with Crippen LogP contribution in [0.25, 0.3) is 0 Å². The second kappa shape index (κ2) is 3.88. The normalized spacial score (nSPS) is 12.5. The second-order valence-corrected chi connectivity index (χ2v) is 3.68. The zero-order chi connectivity index (χ0) is 11.7. The highest BCUT2D eigenvalue weighted by Gasteiger charge is 2.20. The molecule has 0 unspecified atom stereocenters. The van der Waals surface area contributed by atoms with Gasteiger partial charge in [0, 0.05) is 5.56 Å². The summed E-state index contributed by atoms with van der Waals surface area (Å²) in [4.78, 5) is 22.5. The first-order valence-corrected chi connectivity index (χ1v) is 4.69. The molecule has 0 spiro atoms. The van der Waals surface area contributed by atoms with Gasteiger partial charge in [-0.05, 0) is 27.7 Å². The average molecular weight is 210 g/mol. The third-order valence-corrected chi connectivity index (χ3v) is 2.59. The van der Waals surface area contributed by atoms with Crippen LogP contribution in [-0.4, -0.2) is 10.9 Å². The van der Waals surface area contributed by atoms with E-state index in [1.54, 1.807) is 13.8 Å². The van der Waals surface area contributed by atoms with Gasteiger partial charge in [0.1, 0.15) is 17.3 Å². The van der Waals surface area contributed by atoms with Crippen LogP contribution in [-0.2, 0) is 4.79 Å². The first-order valence-electron chi connectivity index (χ1n) is 4.69. The number of ketones is 1. The molecule has 0 aromatic carbocycles. The van der Waals surface area contributed by atoms with Crippen LogP contribution in [0, 0.1) is 13.8 Å². The van der Waals surface area contributed by atoms with Crippen molar-refractivity contribution in [2.75, 3.05) is 0 Å². The van der Waals surface area contributed by atoms with Crippen molar-refractivity contribution in [1.29, 1.82) is 0 Å². The Kier molecular flexibility index (Phi) is 2.98. The summed E-state index contributed by atoms with van der Waals surface area (Å²) >= 11 is 0. The van der Waals surface area contributed by atoms with Crippen LogP contribution in [0.4, 0.5) is 0 Å². The molecule has 0 aliphatic heterocycles. The summed E-state index contributed by atoms with van der Waals surface area (Å²) in [7, 11) is 0. The van der Waals surface area contributed by atoms with Gasteiger partial charge in [0.05, 0.1) is 11.5 Å². The van der Waals surface area contributed by atoms with E-state index in [9.17, 15) is 14.7 Å². The van der Waals surface area contributed by atoms with Crippen molar-refractivity contribution in [2.45, 2.75) is 33.6 Å². The van der Waals surface area contributed by atoms with Crippen molar-refractivity contribution in [3.8, 4) is 5.75 Å². The van der Waals surface area contributed by atoms with E-state index in [0.29, 0.717) is 5.56 Å². The van der Waals surface area contributed by atoms with Gasteiger partial charge in [-0.1, -0.05) is 0 Å². The molecule has 0 aliphatic carbocycles. The number of carbonyl (C=O) groups is 1. The molecule has 0 saturated carbocycles. The smallest absolute Gasteiger partial charge is 0.342 e. The second-order valence-electron chi connectivity index (χ2n) is 3.68. The van der Waals surface area contributed by atoms with Crippen LogP contribution in [0.1, 0.15) is 36.7 Å². The fourth-order valence-electron chi connectivity index (χ4n) is 1.35. The van der Waals surface area contributed by atoms with E-state index in [0.717, 1.165) is 0 Å². The summed E-state index contributed by atoms with van der Waals surface area (Å²) in [5.74, 6) is -0.460. The van der Waals surface area contributed by atoms with Crippen molar-refractivity contribution in [2.24, 2.45) is 0 Å². The highest BCUT2D eigenvalue weighted by Crippen LogP contribution is 2.27. The Morgan fingerprint density at radius 1 is 1.33 bits per heavy atom. The lowest BCUT2D eigenvalue weighted by Gasteiger charge is -2.11. The molecule has 1 aromatic heterocycles. The minimum Gasteiger partial charge on any atom is -0.507 e. The zero-order valence-corrected chi connectivity index (χ0v) is 9.25. The van der Waals surface area contributed by atoms with E-state index < -0.39 is 11.5 Å². The highest BCUT2D eigenvalue weighted by molar-refractivity contribution is 5.82. The molecule has 15 heavy (non-hydrogen) atoms. The SMILES string of the molecule is CC(=O)[C@H](C)c1oc(=O)c(C)c(O)c1C. The first-order chi connectivity index (χ1) is 6.86. The summed E-state index contributed by atoms with van der Waals surface area (Å²) in [6.07, 6.45) is 0. The minimum atomic E-state index is -0.596. The monoisotopic (exact) mass is 210 g/mol. The summed E-state index contributed by atoms with van der Waals surface area (Å²) in [6, 6.07) is 0. The maximum absolute atomic E-state index is 11.3. The maximum Gasteiger partial charge on any atom is 0.342 e. The van der Waals surface area contributed by atoms with E-state index >= 15 is 0 Å². The Labute approximate surface area is 87.5 Å². The fourth-order valence-corrected chi connectivity index (χ4v) is 1.35. The Morgan fingerprint density at radius 2 is 1.87 bits per heavy atom. The van der Waals surface area contributed by atoms with E-state index in [4.69, 9.17) is 4.42 Å². The fraction of sp³-hybridized carbons (Fsp3) is 0.455. The molecule has 0 fully saturated rings. The van der Waals surface area contributed by atoms with Crippen LogP contribution in [0.3, 0.4) is 0 Å². The Balaban J connectivity index is 3.45. The molecule has 1 atom stereocenters. The lowest BCUT2D eigenvalue weighted by molar-refractivity contribution is -0.118. The molecule has 0 saturated heterocycles. The number of hydrogen-bond acceptors (Lipinski definition) is 4. The largest absolute Gasteiger partial charge is 0.507 e. The quantitative estimate of drug-likeness (QED) is 0.806. The van der Waals surface area contributed by atoms with Gasteiger partial charge in [-0.2, -0.15) is 0 Å². The molecule has 0 aliphatic rings. The molecule has 1 aromatic rings. The number of carbonyl (C=O) groups excluding carboxylic acids is 1. The lowest BCUT2D eigenvalue weighted by atomic mass is 9.99. The molecule has 82 valence electrons. The molecule has 0 bridgehead atoms. The first kappa shape index (κ1) is 11.5. The summed E-state index contributed by atoms with van der Waals surface area (Å²) < 4.78 is 5.01. The molecular formula is C11H14O4. The van der Waals surface area contributed by atoms with Gasteiger partial charge >= 0.3 is 5.63 Å². The molecule has 1 rings (SSSR count). The summed E-state index contributed by atoms with van der Waals surface area (Å²) in [5, 5.41) is 9.63. The van der Waals surface area contributed by atoms with Crippen molar-refractivity contribution < 1.29 is 14.3 Å². The van der Waals surface area contributed by atoms with Crippen molar-refractivity contribution in [3.05, 3.63) is 27.3 Å². The highest BCUT2D eigenvalue weighted by atomic mass is 16.4. The predicted octanol–water partition coefficient (Wildman–Crippen LogP) is 1.65. The predicted molar refractivity (Wildman–Crippen MR) is 55.2 cm³/mol. The molecule has 0 amide bonds. The summed E-state index contributed by atoms with van der Waals surface area (Å²) in [6.45, 7) is 6.17. The number of aromatic hydroxyl groups is 1. The number of hydrogen-bond donors (Lipinski definition) is 1. The molecule has 1 N–H and O–H groups in total. The van der Waals surface area contributed by atoms with Crippen LogP contribution >= 0.6 is 0 Å². The van der Waals surface area contributed by atoms with Gasteiger partial charge < -0.3 is 9.52 Å². The van der Waals surface area contributed by atoms with Crippen LogP contribution in [0.2, 0.25) is 0 Å². The molecule has 1 heterocycles. The van der Waals surface area contributed by atoms with Gasteiger partial charge in [-0.25, -0.2) is 4.79 Å². The minimum absolute atomic E-state index is 0.0886. The van der Waals surface area contributed by atoms with E-state index in [2.05, 4.69) is 0 Å². The third kappa shape index (κ3) is 1.93. The third-order valence-electron chi connectivity index (χ3n) is 2.59. The summed E-state index contributed by atoms with van der Waals surface area (Å²) in [5.41, 5.74) is 0.0306. The van der Waals surface area contributed by atoms with Gasteiger partial charge in [0.2, 0.25) is 0 Å². The van der Waals surface area contributed by atoms with Gasteiger partial charge in [-0.15, -0.1) is 0 Å². The van der Waals surface area contributed by atoms with Crippen LogP contribution < -0.4 is 5.63 Å². The topological polar surface area (TPSA) is 67.5 Å². The molecule has 4 heteroatoms. The van der Waals surface area contributed by atoms with Crippen LogP contribution in [0.5, 0.6) is 5.75 Å². The van der Waals surface area contributed by atoms with Crippen molar-refractivity contribution >= 4 is 5.78 Å². The molecular weight excluding hydrogens is 196 g/mol. The van der Waals surface area contributed by atoms with E-state index in [1.807, 2.05) is 0 Å². The van der Waals surface area contributed by atoms with E-state index in [-0.39, 0.29) is 22.9 Å². The Bertz CT molecular complexity index is 456. The van der Waals surface area contributed by atoms with Crippen LogP contribution in [0.15, 0.2) is 9.21 Å². The Morgan fingerprint density at radius 3 is 2.33 bits per heavy atom. The van der Waals surface area contributed by atoms with Gasteiger partial charge in [0.25, 0.3) is 0 Å². The lowest BCUT2D eigenvalue weighted by Crippen LogP contribution is -2.13. The maximum atomic E-state index is 11.3. The zero-order valence-electron chi connectivity index (χ0n) is 9.25.